The Kier molecular flexibility index (Phi) is 9.10. The molecule has 3 atom stereocenters. The Labute approximate surface area is 226 Å². The molecule has 0 bridgehead atoms. The third-order valence-electron chi connectivity index (χ3n) is 6.04. The van der Waals surface area contributed by atoms with Gasteiger partial charge in [-0.15, -0.1) is 0 Å². The van der Waals surface area contributed by atoms with Crippen LogP contribution in [0.25, 0.3) is 34.0 Å². The molecule has 12 heteroatoms. The highest BCUT2D eigenvalue weighted by molar-refractivity contribution is 7.85. The third kappa shape index (κ3) is 6.18. The maximum Gasteiger partial charge on any atom is 0.257 e. The summed E-state index contributed by atoms with van der Waals surface area (Å²) < 4.78 is 63.8. The number of alkyl halides is 2. The van der Waals surface area contributed by atoms with Crippen molar-refractivity contribution in [3.63, 3.8) is 0 Å². The number of nitrogen functional groups attached to an aromatic ring is 1. The van der Waals surface area contributed by atoms with Crippen molar-refractivity contribution in [1.82, 2.24) is 15.1 Å². The molecule has 1 aliphatic rings. The normalized spacial score (nSPS) is 16.5. The van der Waals surface area contributed by atoms with E-state index in [0.717, 1.165) is 12.5 Å². The molecule has 0 radical (unpaired) electrons. The quantitative estimate of drug-likeness (QED) is 0.309. The predicted octanol–water partition coefficient (Wildman–Crippen LogP) is 5.37. The van der Waals surface area contributed by atoms with Gasteiger partial charge in [-0.25, -0.2) is 23.1 Å². The zero-order valence-electron chi connectivity index (χ0n) is 21.3. The summed E-state index contributed by atoms with van der Waals surface area (Å²) in [6.45, 7) is 5.10. The molecule has 39 heavy (non-hydrogen) atoms. The zero-order valence-corrected chi connectivity index (χ0v) is 22.1. The molecule has 4 aromatic rings. The van der Waals surface area contributed by atoms with E-state index in [4.69, 9.17) is 20.7 Å². The lowest BCUT2D eigenvalue weighted by atomic mass is 10.0. The highest BCUT2D eigenvalue weighted by atomic mass is 32.2. The lowest BCUT2D eigenvalue weighted by Gasteiger charge is -2.11. The van der Waals surface area contributed by atoms with Gasteiger partial charge in [0, 0.05) is 28.7 Å². The lowest BCUT2D eigenvalue weighted by Crippen LogP contribution is -2.19. The molecule has 2 aromatic carbocycles. The van der Waals surface area contributed by atoms with Gasteiger partial charge in [-0.3, -0.25) is 4.21 Å². The van der Waals surface area contributed by atoms with Crippen LogP contribution in [0.5, 0.6) is 0 Å². The van der Waals surface area contributed by atoms with Crippen LogP contribution in [0.1, 0.15) is 31.9 Å². The fourth-order valence-electron chi connectivity index (χ4n) is 3.96. The number of nitrogens with zero attached hydrogens (tertiary/aromatic N) is 3. The first kappa shape index (κ1) is 28.4. The molecule has 3 heterocycles. The number of hydrogen-bond donors (Lipinski definition) is 2. The van der Waals surface area contributed by atoms with Crippen LogP contribution in [0, 0.1) is 5.82 Å². The molecule has 0 saturated carbocycles. The number of rotatable bonds is 7. The highest BCUT2D eigenvalue weighted by Crippen LogP contribution is 2.32. The van der Waals surface area contributed by atoms with Gasteiger partial charge in [0.2, 0.25) is 0 Å². The van der Waals surface area contributed by atoms with Gasteiger partial charge in [-0.1, -0.05) is 37.2 Å². The second-order valence-electron chi connectivity index (χ2n) is 8.47. The Morgan fingerprint density at radius 1 is 1.08 bits per heavy atom. The van der Waals surface area contributed by atoms with E-state index in [1.807, 2.05) is 13.8 Å². The minimum absolute atomic E-state index is 0.0171. The molecule has 0 amide bonds. The molecule has 8 nitrogen and oxygen atoms in total. The first-order chi connectivity index (χ1) is 18.8. The van der Waals surface area contributed by atoms with E-state index in [1.54, 1.807) is 24.3 Å². The number of benzene rings is 2. The van der Waals surface area contributed by atoms with E-state index < -0.39 is 29.1 Å². The standard InChI is InChI=1S/C25H22F3N5O3S.C2H6/c26-18-9-14(22(29)24(27)28)3-6-17(18)19-10-21(36-33-19)23-25(30)31-11-20(32-23)13-1-4-15(5-2-13)37(34)16-7-8-35-12-16;1-2/h1-6,9-11,16,22,24H,7-8,12,29H2,(H2,30,31);1-2H3. The van der Waals surface area contributed by atoms with Crippen LogP contribution >= 0.6 is 0 Å². The van der Waals surface area contributed by atoms with Crippen molar-refractivity contribution >= 4 is 16.6 Å². The largest absolute Gasteiger partial charge is 0.382 e. The second-order valence-corrected chi connectivity index (χ2v) is 10.2. The van der Waals surface area contributed by atoms with Gasteiger partial charge in [0.15, 0.2) is 17.3 Å². The summed E-state index contributed by atoms with van der Waals surface area (Å²) in [6.07, 6.45) is -0.562. The van der Waals surface area contributed by atoms with Gasteiger partial charge in [0.1, 0.15) is 11.5 Å². The molecular formula is C27H28F3N5O3S. The summed E-state index contributed by atoms with van der Waals surface area (Å²) in [5.41, 5.74) is 13.0. The predicted molar refractivity (Wildman–Crippen MR) is 143 cm³/mol. The van der Waals surface area contributed by atoms with E-state index in [1.165, 1.54) is 24.4 Å². The van der Waals surface area contributed by atoms with Crippen LogP contribution in [-0.2, 0) is 15.5 Å². The van der Waals surface area contributed by atoms with Crippen molar-refractivity contribution in [2.24, 2.45) is 5.73 Å². The highest BCUT2D eigenvalue weighted by Gasteiger charge is 2.24. The van der Waals surface area contributed by atoms with Crippen LogP contribution in [0.3, 0.4) is 0 Å². The van der Waals surface area contributed by atoms with E-state index >= 15 is 0 Å². The molecule has 2 aromatic heterocycles. The van der Waals surface area contributed by atoms with Gasteiger partial charge in [0.25, 0.3) is 6.43 Å². The van der Waals surface area contributed by atoms with E-state index in [9.17, 15) is 17.4 Å². The Morgan fingerprint density at radius 2 is 1.82 bits per heavy atom. The number of halogens is 3. The fraction of sp³-hybridized carbons (Fsp3) is 0.296. The van der Waals surface area contributed by atoms with Gasteiger partial charge < -0.3 is 20.7 Å². The summed E-state index contributed by atoms with van der Waals surface area (Å²) in [6, 6.07) is 10.6. The van der Waals surface area contributed by atoms with Crippen molar-refractivity contribution < 1.29 is 26.6 Å². The molecule has 0 spiro atoms. The Morgan fingerprint density at radius 3 is 2.46 bits per heavy atom. The van der Waals surface area contributed by atoms with E-state index in [2.05, 4.69) is 15.1 Å². The van der Waals surface area contributed by atoms with Crippen LogP contribution in [0.15, 0.2) is 64.1 Å². The van der Waals surface area contributed by atoms with Crippen LogP contribution in [-0.4, -0.2) is 44.2 Å². The van der Waals surface area contributed by atoms with Crippen LogP contribution in [0.4, 0.5) is 19.0 Å². The van der Waals surface area contributed by atoms with E-state index in [0.29, 0.717) is 29.4 Å². The molecule has 1 fully saturated rings. The summed E-state index contributed by atoms with van der Waals surface area (Å²) in [4.78, 5) is 9.43. The smallest absolute Gasteiger partial charge is 0.257 e. The summed E-state index contributed by atoms with van der Waals surface area (Å²) in [7, 11) is -1.16. The van der Waals surface area contributed by atoms with Crippen molar-refractivity contribution in [3.8, 4) is 34.0 Å². The average molecular weight is 560 g/mol. The molecular weight excluding hydrogens is 531 g/mol. The zero-order chi connectivity index (χ0) is 28.1. The minimum atomic E-state index is -2.82. The maximum atomic E-state index is 14.7. The average Bonchev–Trinajstić information content (AvgIpc) is 3.67. The lowest BCUT2D eigenvalue weighted by molar-refractivity contribution is 0.116. The second kappa shape index (κ2) is 12.5. The monoisotopic (exact) mass is 559 g/mol. The molecule has 4 N–H and O–H groups in total. The molecule has 206 valence electrons. The number of aromatic nitrogens is 3. The van der Waals surface area contributed by atoms with Gasteiger partial charge in [0.05, 0.1) is 40.6 Å². The first-order valence-electron chi connectivity index (χ1n) is 12.3. The molecule has 1 aliphatic heterocycles. The Balaban J connectivity index is 0.00000172. The summed E-state index contributed by atoms with van der Waals surface area (Å²) in [5, 5.41) is 3.87. The molecule has 0 aliphatic carbocycles. The first-order valence-corrected chi connectivity index (χ1v) is 13.5. The molecule has 5 rings (SSSR count). The summed E-state index contributed by atoms with van der Waals surface area (Å²) >= 11 is 0. The number of ether oxygens (including phenoxy) is 1. The van der Waals surface area contributed by atoms with Crippen molar-refractivity contribution in [2.75, 3.05) is 18.9 Å². The number of anilines is 1. The molecule has 3 unspecified atom stereocenters. The van der Waals surface area contributed by atoms with Gasteiger partial charge in [-0.05, 0) is 36.2 Å². The van der Waals surface area contributed by atoms with Crippen LogP contribution in [0.2, 0.25) is 0 Å². The topological polar surface area (TPSA) is 130 Å². The molecule has 1 saturated heterocycles. The van der Waals surface area contributed by atoms with Crippen molar-refractivity contribution in [3.05, 3.63) is 66.1 Å². The van der Waals surface area contributed by atoms with Crippen molar-refractivity contribution in [1.29, 1.82) is 0 Å². The fourth-order valence-corrected chi connectivity index (χ4v) is 5.28. The summed E-state index contributed by atoms with van der Waals surface area (Å²) in [5.74, 6) is -0.555. The minimum Gasteiger partial charge on any atom is -0.382 e. The van der Waals surface area contributed by atoms with Gasteiger partial charge >= 0.3 is 0 Å². The number of nitrogens with two attached hydrogens (primary N) is 2. The van der Waals surface area contributed by atoms with Gasteiger partial charge in [-0.2, -0.15) is 0 Å². The van der Waals surface area contributed by atoms with Crippen LogP contribution < -0.4 is 11.5 Å². The Bertz CT molecular complexity index is 1440. The van der Waals surface area contributed by atoms with Crippen molar-refractivity contribution in [2.45, 2.75) is 42.9 Å². The number of hydrogen-bond acceptors (Lipinski definition) is 8. The van der Waals surface area contributed by atoms with E-state index in [-0.39, 0.29) is 39.3 Å². The third-order valence-corrected chi connectivity index (χ3v) is 7.76. The maximum absolute atomic E-state index is 14.7. The Hall–Kier alpha value is -3.61. The SMILES string of the molecule is CC.Nc1ncc(-c2ccc(S(=O)C3CCOC3)cc2)nc1-c1cc(-c2ccc(C(N)C(F)F)cc2F)no1.